The van der Waals surface area contributed by atoms with Gasteiger partial charge in [-0.2, -0.15) is 0 Å². The summed E-state index contributed by atoms with van der Waals surface area (Å²) in [6.45, 7) is 1.71. The minimum absolute atomic E-state index is 0.212. The van der Waals surface area contributed by atoms with Crippen LogP contribution in [-0.4, -0.2) is 11.9 Å². The van der Waals surface area contributed by atoms with Gasteiger partial charge in [-0.1, -0.05) is 0 Å². The highest BCUT2D eigenvalue weighted by atomic mass is 16.1. The third-order valence-electron chi connectivity index (χ3n) is 8.14. The zero-order chi connectivity index (χ0) is 11.8. The second kappa shape index (κ2) is 2.53. The van der Waals surface area contributed by atoms with Crippen molar-refractivity contribution in [2.24, 2.45) is 59.2 Å². The summed E-state index contributed by atoms with van der Waals surface area (Å²) in [6, 6.07) is 0.565. The van der Waals surface area contributed by atoms with E-state index in [4.69, 9.17) is 0 Å². The Bertz CT molecular complexity index is 474. The van der Waals surface area contributed by atoms with Crippen molar-refractivity contribution in [3.8, 4) is 0 Å². The van der Waals surface area contributed by atoms with Crippen LogP contribution < -0.4 is 5.32 Å². The van der Waals surface area contributed by atoms with Gasteiger partial charge in [-0.15, -0.1) is 0 Å². The van der Waals surface area contributed by atoms with Crippen molar-refractivity contribution in [1.29, 1.82) is 0 Å². The molecular weight excluding hydrogens is 222 g/mol. The van der Waals surface area contributed by atoms with Gasteiger partial charge in [0.25, 0.3) is 0 Å². The maximum atomic E-state index is 11.5. The largest absolute Gasteiger partial charge is 0.353 e. The molecule has 18 heavy (non-hydrogen) atoms. The molecule has 8 bridgehead atoms. The summed E-state index contributed by atoms with van der Waals surface area (Å²) in [5, 5.41) is 3.35. The molecule has 0 saturated heterocycles. The van der Waals surface area contributed by atoms with E-state index in [0.717, 1.165) is 59.2 Å². The summed E-state index contributed by atoms with van der Waals surface area (Å²) in [5.41, 5.74) is 0. The van der Waals surface area contributed by atoms with Crippen molar-refractivity contribution in [2.45, 2.75) is 32.2 Å². The van der Waals surface area contributed by atoms with Crippen LogP contribution in [0, 0.1) is 59.2 Å². The maximum Gasteiger partial charge on any atom is 0.217 e. The van der Waals surface area contributed by atoms with E-state index in [2.05, 4.69) is 5.32 Å². The lowest BCUT2D eigenvalue weighted by Gasteiger charge is -2.48. The van der Waals surface area contributed by atoms with E-state index in [-0.39, 0.29) is 5.91 Å². The molecule has 1 N–H and O–H groups in total. The molecule has 0 aromatic heterocycles. The number of nitrogens with one attached hydrogen (secondary N) is 1. The first-order valence-corrected chi connectivity index (χ1v) is 8.03. The lowest BCUT2D eigenvalue weighted by atomic mass is 9.59. The van der Waals surface area contributed by atoms with Crippen LogP contribution in [0.5, 0.6) is 0 Å². The highest BCUT2D eigenvalue weighted by Gasteiger charge is 2.81. The predicted octanol–water partition coefficient (Wildman–Crippen LogP) is 1.91. The van der Waals surface area contributed by atoms with Crippen LogP contribution in [0.4, 0.5) is 0 Å². The third-order valence-corrected chi connectivity index (χ3v) is 8.14. The van der Waals surface area contributed by atoms with Gasteiger partial charge >= 0.3 is 0 Å². The van der Waals surface area contributed by atoms with Crippen LogP contribution >= 0.6 is 0 Å². The number of hydrogen-bond donors (Lipinski definition) is 1. The molecule has 2 heteroatoms. The highest BCUT2D eigenvalue weighted by Crippen LogP contribution is 2.85. The molecule has 7 aliphatic rings. The summed E-state index contributed by atoms with van der Waals surface area (Å²) in [4.78, 5) is 11.5. The Labute approximate surface area is 108 Å². The topological polar surface area (TPSA) is 29.1 Å². The Morgan fingerprint density at radius 1 is 0.833 bits per heavy atom. The van der Waals surface area contributed by atoms with Gasteiger partial charge in [-0.25, -0.2) is 0 Å². The summed E-state index contributed by atoms with van der Waals surface area (Å²) >= 11 is 0. The highest BCUT2D eigenvalue weighted by molar-refractivity contribution is 5.73. The summed E-state index contributed by atoms with van der Waals surface area (Å²) in [7, 11) is 0. The van der Waals surface area contributed by atoms with Crippen molar-refractivity contribution >= 4 is 5.91 Å². The molecule has 1 amide bonds. The maximum absolute atomic E-state index is 11.5. The fraction of sp³-hybridized carbons (Fsp3) is 0.938. The Morgan fingerprint density at radius 3 is 2.17 bits per heavy atom. The third kappa shape index (κ3) is 0.756. The number of amides is 1. The predicted molar refractivity (Wildman–Crippen MR) is 66.4 cm³/mol. The summed E-state index contributed by atoms with van der Waals surface area (Å²) in [5.74, 6) is 10.7. The number of carbonyl (C=O) groups excluding carboxylic acids is 1. The second-order valence-electron chi connectivity index (χ2n) is 8.24. The molecule has 0 radical (unpaired) electrons. The monoisotopic (exact) mass is 243 g/mol. The van der Waals surface area contributed by atoms with Crippen LogP contribution in [0.15, 0.2) is 0 Å². The minimum Gasteiger partial charge on any atom is -0.353 e. The number of rotatable bonds is 1. The lowest BCUT2D eigenvalue weighted by Crippen LogP contribution is -2.52. The zero-order valence-electron chi connectivity index (χ0n) is 10.9. The first-order chi connectivity index (χ1) is 8.75. The number of hydrogen-bond acceptors (Lipinski definition) is 1. The molecule has 11 unspecified atom stereocenters. The molecule has 7 rings (SSSR count). The first kappa shape index (κ1) is 9.39. The average Bonchev–Trinajstić information content (AvgIpc) is 2.81. The summed E-state index contributed by atoms with van der Waals surface area (Å²) in [6.07, 6.45) is 4.47. The van der Waals surface area contributed by atoms with Crippen LogP contribution in [0.25, 0.3) is 0 Å². The van der Waals surface area contributed by atoms with Gasteiger partial charge in [0.15, 0.2) is 0 Å². The fourth-order valence-corrected chi connectivity index (χ4v) is 8.31. The van der Waals surface area contributed by atoms with E-state index in [1.165, 1.54) is 12.8 Å². The minimum atomic E-state index is 0.212. The molecule has 0 aliphatic heterocycles. The Morgan fingerprint density at radius 2 is 1.44 bits per heavy atom. The molecular formula is C16H21NO. The van der Waals surface area contributed by atoms with Gasteiger partial charge in [0, 0.05) is 13.0 Å². The van der Waals surface area contributed by atoms with Gasteiger partial charge in [0.1, 0.15) is 0 Å². The van der Waals surface area contributed by atoms with E-state index in [1.54, 1.807) is 13.3 Å². The van der Waals surface area contributed by atoms with Gasteiger partial charge in [-0.05, 0) is 78.4 Å². The Hall–Kier alpha value is -0.530. The molecule has 2 nitrogen and oxygen atoms in total. The molecule has 7 aliphatic carbocycles. The van der Waals surface area contributed by atoms with E-state index in [0.29, 0.717) is 6.04 Å². The van der Waals surface area contributed by atoms with Gasteiger partial charge < -0.3 is 5.32 Å². The number of carbonyl (C=O) groups is 1. The molecule has 0 aromatic rings. The fourth-order valence-electron chi connectivity index (χ4n) is 8.31. The Balaban J connectivity index is 1.46. The Kier molecular flexibility index (Phi) is 1.32. The molecule has 96 valence electrons. The van der Waals surface area contributed by atoms with Crippen molar-refractivity contribution in [3.63, 3.8) is 0 Å². The second-order valence-corrected chi connectivity index (χ2v) is 8.24. The van der Waals surface area contributed by atoms with Gasteiger partial charge in [0.2, 0.25) is 5.91 Å². The van der Waals surface area contributed by atoms with Crippen molar-refractivity contribution in [1.82, 2.24) is 5.32 Å². The van der Waals surface area contributed by atoms with E-state index >= 15 is 0 Å². The van der Waals surface area contributed by atoms with Crippen molar-refractivity contribution in [3.05, 3.63) is 0 Å². The standard InChI is InChI=1S/C16H21NO/c1-5(18)17-16-6-2-7-8(3-6)15(16)14-9-4-10-12(11(7)9)13(10)14/h6-16H,2-4H2,1H3,(H,17,18). The van der Waals surface area contributed by atoms with Crippen LogP contribution in [0.1, 0.15) is 26.2 Å². The lowest BCUT2D eigenvalue weighted by molar-refractivity contribution is -0.121. The van der Waals surface area contributed by atoms with Crippen LogP contribution in [0.2, 0.25) is 0 Å². The van der Waals surface area contributed by atoms with Gasteiger partial charge in [-0.3, -0.25) is 4.79 Å². The summed E-state index contributed by atoms with van der Waals surface area (Å²) < 4.78 is 0. The normalized spacial score (nSPS) is 71.7. The zero-order valence-corrected chi connectivity index (χ0v) is 10.9. The average molecular weight is 243 g/mol. The van der Waals surface area contributed by atoms with E-state index in [1.807, 2.05) is 0 Å². The van der Waals surface area contributed by atoms with Crippen molar-refractivity contribution < 1.29 is 4.79 Å². The molecule has 0 spiro atoms. The van der Waals surface area contributed by atoms with Crippen LogP contribution in [-0.2, 0) is 4.79 Å². The molecule has 7 fully saturated rings. The smallest absolute Gasteiger partial charge is 0.217 e. The van der Waals surface area contributed by atoms with E-state index in [9.17, 15) is 4.79 Å². The van der Waals surface area contributed by atoms with E-state index < -0.39 is 0 Å². The first-order valence-electron chi connectivity index (χ1n) is 8.03. The quantitative estimate of drug-likeness (QED) is 0.749. The van der Waals surface area contributed by atoms with Crippen LogP contribution in [0.3, 0.4) is 0 Å². The molecule has 0 heterocycles. The molecule has 0 aromatic carbocycles. The molecule has 11 atom stereocenters. The van der Waals surface area contributed by atoms with Crippen molar-refractivity contribution in [2.75, 3.05) is 0 Å². The molecule has 7 saturated carbocycles. The SMILES string of the molecule is CC(=O)NC1C2CC3C(C2)C1C1C2CC4C(C32)C41. The number of fused-ring (bicyclic) bond motifs is 1. The van der Waals surface area contributed by atoms with Gasteiger partial charge in [0.05, 0.1) is 0 Å².